The van der Waals surface area contributed by atoms with Gasteiger partial charge in [0.05, 0.1) is 17.9 Å². The summed E-state index contributed by atoms with van der Waals surface area (Å²) in [6.45, 7) is -0.343. The summed E-state index contributed by atoms with van der Waals surface area (Å²) in [5.74, 6) is -3.06. The Morgan fingerprint density at radius 1 is 1.19 bits per heavy atom. The minimum Gasteiger partial charge on any atom is -0.481 e. The van der Waals surface area contributed by atoms with E-state index in [1.54, 1.807) is 6.07 Å². The summed E-state index contributed by atoms with van der Waals surface area (Å²) >= 11 is 0. The highest BCUT2D eigenvalue weighted by Gasteiger charge is 2.51. The molecule has 2 aromatic rings. The van der Waals surface area contributed by atoms with E-state index in [-0.39, 0.29) is 18.7 Å². The molecule has 0 spiro atoms. The van der Waals surface area contributed by atoms with E-state index in [1.165, 1.54) is 42.5 Å². The van der Waals surface area contributed by atoms with Gasteiger partial charge in [-0.15, -0.1) is 0 Å². The fourth-order valence-electron chi connectivity index (χ4n) is 3.33. The van der Waals surface area contributed by atoms with E-state index in [2.05, 4.69) is 5.32 Å². The Kier molecular flexibility index (Phi) is 5.10. The minimum absolute atomic E-state index is 0.0154. The molecule has 1 aliphatic rings. The second-order valence-corrected chi connectivity index (χ2v) is 6.53. The smallest absolute Gasteiger partial charge is 0.393 e. The van der Waals surface area contributed by atoms with Crippen molar-refractivity contribution in [3.63, 3.8) is 0 Å². The van der Waals surface area contributed by atoms with Gasteiger partial charge in [-0.2, -0.15) is 13.2 Å². The van der Waals surface area contributed by atoms with Crippen LogP contribution >= 0.6 is 0 Å². The maximum Gasteiger partial charge on any atom is 0.393 e. The van der Waals surface area contributed by atoms with Gasteiger partial charge in [0.2, 0.25) is 0 Å². The molecule has 27 heavy (non-hydrogen) atoms. The fraction of sp³-hybridized carbons (Fsp3) is 0.316. The van der Waals surface area contributed by atoms with Crippen LogP contribution in [0, 0.1) is 11.7 Å². The zero-order chi connectivity index (χ0) is 19.7. The quantitative estimate of drug-likeness (QED) is 0.749. The summed E-state index contributed by atoms with van der Waals surface area (Å²) < 4.78 is 58.3. The average molecular weight is 383 g/mol. The molecule has 2 N–H and O–H groups in total. The van der Waals surface area contributed by atoms with Crippen LogP contribution in [0.5, 0.6) is 11.5 Å². The molecule has 1 aliphatic heterocycles. The van der Waals surface area contributed by atoms with Crippen molar-refractivity contribution in [2.24, 2.45) is 5.92 Å². The Morgan fingerprint density at radius 3 is 2.41 bits per heavy atom. The molecule has 2 atom stereocenters. The molecule has 3 rings (SSSR count). The molecule has 0 aromatic heterocycles. The molecule has 1 heterocycles. The highest BCUT2D eigenvalue weighted by Crippen LogP contribution is 2.43. The van der Waals surface area contributed by atoms with Crippen LogP contribution in [-0.4, -0.2) is 23.8 Å². The van der Waals surface area contributed by atoms with Gasteiger partial charge in [0.1, 0.15) is 5.75 Å². The Labute approximate surface area is 152 Å². The molecule has 4 nitrogen and oxygen atoms in total. The maximum atomic E-state index is 13.7. The lowest BCUT2D eigenvalue weighted by molar-refractivity contribution is -0.170. The first-order valence-corrected chi connectivity index (χ1v) is 8.26. The normalized spacial score (nSPS) is 22.6. The molecule has 8 heteroatoms. The summed E-state index contributed by atoms with van der Waals surface area (Å²) in [4.78, 5) is 11.2. The molecular weight excluding hydrogens is 366 g/mol. The highest BCUT2D eigenvalue weighted by molar-refractivity contribution is 5.69. The van der Waals surface area contributed by atoms with Gasteiger partial charge >= 0.3 is 12.1 Å². The van der Waals surface area contributed by atoms with E-state index in [1.807, 2.05) is 0 Å². The molecular formula is C19H17F4NO3. The predicted octanol–water partition coefficient (Wildman–Crippen LogP) is 4.46. The van der Waals surface area contributed by atoms with Crippen LogP contribution < -0.4 is 10.1 Å². The highest BCUT2D eigenvalue weighted by atomic mass is 19.4. The number of rotatable bonds is 5. The molecule has 0 bridgehead atoms. The lowest BCUT2D eigenvalue weighted by Gasteiger charge is -2.29. The Hall–Kier alpha value is -2.61. The third-order valence-electron chi connectivity index (χ3n) is 4.67. The first kappa shape index (κ1) is 19.2. The third kappa shape index (κ3) is 4.21. The van der Waals surface area contributed by atoms with E-state index in [4.69, 9.17) is 4.74 Å². The van der Waals surface area contributed by atoms with Gasteiger partial charge in [-0.05, 0) is 36.2 Å². The van der Waals surface area contributed by atoms with Crippen molar-refractivity contribution in [3.8, 4) is 11.5 Å². The second-order valence-electron chi connectivity index (χ2n) is 6.53. The second kappa shape index (κ2) is 7.19. The monoisotopic (exact) mass is 383 g/mol. The standard InChI is InChI=1S/C19H17F4NO3/c20-15-3-1-2-4-16(15)27-14-7-5-12(6-8-14)18(10-17(25)26)9-13(11-24-18)19(21,22)23/h1-8,13,24H,9-11H2,(H,25,26)/t13-,18-/m0/s1. The molecule has 2 aromatic carbocycles. The number of carboxylic acids is 1. The van der Waals surface area contributed by atoms with Crippen LogP contribution in [0.15, 0.2) is 48.5 Å². The predicted molar refractivity (Wildman–Crippen MR) is 89.0 cm³/mol. The van der Waals surface area contributed by atoms with Gasteiger partial charge in [0.15, 0.2) is 11.6 Å². The third-order valence-corrected chi connectivity index (χ3v) is 4.67. The molecule has 0 aliphatic carbocycles. The number of aliphatic carboxylic acids is 1. The Balaban J connectivity index is 1.84. The number of carbonyl (C=O) groups is 1. The number of carboxylic acid groups (broad SMARTS) is 1. The van der Waals surface area contributed by atoms with Crippen molar-refractivity contribution < 1.29 is 32.2 Å². The van der Waals surface area contributed by atoms with Crippen LogP contribution in [0.25, 0.3) is 0 Å². The molecule has 1 saturated heterocycles. The fourth-order valence-corrected chi connectivity index (χ4v) is 3.33. The number of halogens is 4. The van der Waals surface area contributed by atoms with Gasteiger partial charge < -0.3 is 15.2 Å². The van der Waals surface area contributed by atoms with Gasteiger partial charge in [0.25, 0.3) is 0 Å². The van der Waals surface area contributed by atoms with Crippen molar-refractivity contribution in [1.82, 2.24) is 5.32 Å². The number of nitrogens with one attached hydrogen (secondary N) is 1. The van der Waals surface area contributed by atoms with E-state index >= 15 is 0 Å². The summed E-state index contributed by atoms with van der Waals surface area (Å²) in [5, 5.41) is 11.9. The average Bonchev–Trinajstić information content (AvgIpc) is 3.02. The van der Waals surface area contributed by atoms with Crippen molar-refractivity contribution >= 4 is 5.97 Å². The van der Waals surface area contributed by atoms with Crippen molar-refractivity contribution in [1.29, 1.82) is 0 Å². The lowest BCUT2D eigenvalue weighted by Crippen LogP contribution is -2.38. The topological polar surface area (TPSA) is 58.6 Å². The number of hydrogen-bond acceptors (Lipinski definition) is 3. The van der Waals surface area contributed by atoms with Crippen molar-refractivity contribution in [3.05, 3.63) is 59.9 Å². The van der Waals surface area contributed by atoms with Crippen LogP contribution in [0.3, 0.4) is 0 Å². The summed E-state index contributed by atoms with van der Waals surface area (Å²) in [7, 11) is 0. The SMILES string of the molecule is O=C(O)C[C@]1(c2ccc(Oc3ccccc3F)cc2)C[C@H](C(F)(F)F)CN1. The molecule has 0 radical (unpaired) electrons. The van der Waals surface area contributed by atoms with E-state index < -0.39 is 35.8 Å². The zero-order valence-electron chi connectivity index (χ0n) is 14.1. The van der Waals surface area contributed by atoms with Gasteiger partial charge in [0, 0.05) is 6.54 Å². The van der Waals surface area contributed by atoms with Crippen LogP contribution in [-0.2, 0) is 10.3 Å². The van der Waals surface area contributed by atoms with Crippen molar-refractivity contribution in [2.45, 2.75) is 24.6 Å². The molecule has 0 amide bonds. The Bertz CT molecular complexity index is 822. The lowest BCUT2D eigenvalue weighted by atomic mass is 9.82. The van der Waals surface area contributed by atoms with Crippen LogP contribution in [0.4, 0.5) is 17.6 Å². The largest absolute Gasteiger partial charge is 0.481 e. The molecule has 0 saturated carbocycles. The molecule has 0 unspecified atom stereocenters. The number of ether oxygens (including phenoxy) is 1. The molecule has 144 valence electrons. The number of para-hydroxylation sites is 1. The van der Waals surface area contributed by atoms with E-state index in [0.717, 1.165) is 0 Å². The van der Waals surface area contributed by atoms with Crippen LogP contribution in [0.2, 0.25) is 0 Å². The van der Waals surface area contributed by atoms with E-state index in [9.17, 15) is 27.5 Å². The van der Waals surface area contributed by atoms with Gasteiger partial charge in [-0.1, -0.05) is 24.3 Å². The first-order valence-electron chi connectivity index (χ1n) is 8.26. The van der Waals surface area contributed by atoms with Gasteiger partial charge in [-0.25, -0.2) is 4.39 Å². The zero-order valence-corrected chi connectivity index (χ0v) is 14.1. The van der Waals surface area contributed by atoms with Crippen LogP contribution in [0.1, 0.15) is 18.4 Å². The van der Waals surface area contributed by atoms with Gasteiger partial charge in [-0.3, -0.25) is 4.79 Å². The van der Waals surface area contributed by atoms with Crippen molar-refractivity contribution in [2.75, 3.05) is 6.54 Å². The number of alkyl halides is 3. The first-order chi connectivity index (χ1) is 12.7. The number of benzene rings is 2. The summed E-state index contributed by atoms with van der Waals surface area (Å²) in [6.07, 6.45) is -5.25. The Morgan fingerprint density at radius 2 is 1.85 bits per heavy atom. The minimum atomic E-state index is -4.40. The summed E-state index contributed by atoms with van der Waals surface area (Å²) in [6, 6.07) is 11.8. The number of hydrogen-bond donors (Lipinski definition) is 2. The summed E-state index contributed by atoms with van der Waals surface area (Å²) in [5.41, 5.74) is -0.903. The van der Waals surface area contributed by atoms with E-state index in [0.29, 0.717) is 11.3 Å². The molecule has 1 fully saturated rings. The maximum absolute atomic E-state index is 13.7.